The highest BCUT2D eigenvalue weighted by atomic mass is 32.1. The van der Waals surface area contributed by atoms with Gasteiger partial charge in [-0.05, 0) is 0 Å². The number of rotatable bonds is 4. The molecule has 0 aliphatic heterocycles. The van der Waals surface area contributed by atoms with E-state index < -0.39 is 11.4 Å². The molecular formula is C4H6O4S. The Morgan fingerprint density at radius 3 is 2.78 bits per heavy atom. The molecule has 0 aromatic carbocycles. The van der Waals surface area contributed by atoms with E-state index in [1.807, 2.05) is 0 Å². The van der Waals surface area contributed by atoms with Gasteiger partial charge in [0.2, 0.25) is 0 Å². The standard InChI is InChI=1S/C4H6O4S/c5-2-8-4(9)1-3(6)7/h2,4,9H,1H2,(H,6,7). The minimum atomic E-state index is -1.04. The number of ether oxygens (including phenoxy) is 1. The number of carbonyl (C=O) groups excluding carboxylic acids is 1. The Morgan fingerprint density at radius 2 is 2.44 bits per heavy atom. The van der Waals surface area contributed by atoms with Gasteiger partial charge < -0.3 is 9.84 Å². The first-order valence-electron chi connectivity index (χ1n) is 2.15. The topological polar surface area (TPSA) is 63.6 Å². The van der Waals surface area contributed by atoms with Crippen LogP contribution in [-0.4, -0.2) is 23.0 Å². The number of carboxylic acids is 1. The Bertz CT molecular complexity index is 113. The number of hydrogen-bond acceptors (Lipinski definition) is 4. The van der Waals surface area contributed by atoms with E-state index in [1.54, 1.807) is 0 Å². The van der Waals surface area contributed by atoms with Crippen LogP contribution in [-0.2, 0) is 14.3 Å². The van der Waals surface area contributed by atoms with Gasteiger partial charge in [-0.25, -0.2) is 0 Å². The van der Waals surface area contributed by atoms with Gasteiger partial charge in [0.25, 0.3) is 6.47 Å². The number of carboxylic acid groups (broad SMARTS) is 1. The van der Waals surface area contributed by atoms with E-state index >= 15 is 0 Å². The van der Waals surface area contributed by atoms with Crippen LogP contribution in [0.1, 0.15) is 6.42 Å². The van der Waals surface area contributed by atoms with E-state index in [0.717, 1.165) is 0 Å². The first-order chi connectivity index (χ1) is 4.16. The molecule has 0 rings (SSSR count). The van der Waals surface area contributed by atoms with E-state index in [0.29, 0.717) is 0 Å². The highest BCUT2D eigenvalue weighted by Crippen LogP contribution is 2.00. The van der Waals surface area contributed by atoms with E-state index in [4.69, 9.17) is 5.11 Å². The van der Waals surface area contributed by atoms with Gasteiger partial charge in [-0.1, -0.05) is 0 Å². The third-order valence-electron chi connectivity index (χ3n) is 0.562. The first-order valence-corrected chi connectivity index (χ1v) is 2.67. The number of hydrogen-bond donors (Lipinski definition) is 2. The summed E-state index contributed by atoms with van der Waals surface area (Å²) in [6.45, 7) is 0.167. The van der Waals surface area contributed by atoms with Crippen molar-refractivity contribution < 1.29 is 19.4 Å². The van der Waals surface area contributed by atoms with E-state index in [9.17, 15) is 9.59 Å². The molecule has 0 saturated heterocycles. The Hall–Kier alpha value is -0.710. The maximum Gasteiger partial charge on any atom is 0.308 e. The lowest BCUT2D eigenvalue weighted by Crippen LogP contribution is -2.09. The van der Waals surface area contributed by atoms with Gasteiger partial charge in [0.1, 0.15) is 0 Å². The lowest BCUT2D eigenvalue weighted by atomic mass is 10.5. The van der Waals surface area contributed by atoms with Crippen LogP contribution in [0.3, 0.4) is 0 Å². The minimum Gasteiger partial charge on any atom is -0.481 e. The van der Waals surface area contributed by atoms with Crippen molar-refractivity contribution >= 4 is 25.1 Å². The monoisotopic (exact) mass is 150 g/mol. The van der Waals surface area contributed by atoms with Gasteiger partial charge in [0.15, 0.2) is 5.44 Å². The molecule has 52 valence electrons. The molecular weight excluding hydrogens is 144 g/mol. The third-order valence-corrected chi connectivity index (χ3v) is 0.866. The lowest BCUT2D eigenvalue weighted by Gasteiger charge is -2.02. The molecule has 0 heterocycles. The third kappa shape index (κ3) is 5.16. The predicted octanol–water partition coefficient (Wildman–Crippen LogP) is -0.110. The molecule has 9 heavy (non-hydrogen) atoms. The molecule has 1 N–H and O–H groups in total. The fourth-order valence-electron chi connectivity index (χ4n) is 0.262. The molecule has 0 spiro atoms. The van der Waals surface area contributed by atoms with Crippen molar-refractivity contribution in [3.63, 3.8) is 0 Å². The Morgan fingerprint density at radius 1 is 1.89 bits per heavy atom. The summed E-state index contributed by atoms with van der Waals surface area (Å²) in [5.41, 5.74) is -0.833. The second kappa shape index (κ2) is 4.20. The van der Waals surface area contributed by atoms with Gasteiger partial charge in [-0.3, -0.25) is 9.59 Å². The summed E-state index contributed by atoms with van der Waals surface area (Å²) in [6.07, 6.45) is -0.276. The zero-order valence-corrected chi connectivity index (χ0v) is 5.38. The largest absolute Gasteiger partial charge is 0.481 e. The van der Waals surface area contributed by atoms with Crippen molar-refractivity contribution in [1.29, 1.82) is 0 Å². The van der Waals surface area contributed by atoms with Gasteiger partial charge in [0, 0.05) is 0 Å². The molecule has 0 saturated carbocycles. The molecule has 0 amide bonds. The lowest BCUT2D eigenvalue weighted by molar-refractivity contribution is -0.140. The molecule has 0 aliphatic carbocycles. The van der Waals surface area contributed by atoms with Crippen LogP contribution < -0.4 is 0 Å². The Kier molecular flexibility index (Phi) is 3.87. The maximum absolute atomic E-state index is 9.84. The number of thiol groups is 1. The smallest absolute Gasteiger partial charge is 0.308 e. The molecule has 0 bridgehead atoms. The summed E-state index contributed by atoms with van der Waals surface area (Å²) in [7, 11) is 0. The van der Waals surface area contributed by atoms with Crippen molar-refractivity contribution in [2.24, 2.45) is 0 Å². The Labute approximate surface area is 57.2 Å². The molecule has 1 atom stereocenters. The summed E-state index contributed by atoms with van der Waals surface area (Å²) < 4.78 is 4.16. The van der Waals surface area contributed by atoms with E-state index in [-0.39, 0.29) is 12.9 Å². The van der Waals surface area contributed by atoms with Crippen molar-refractivity contribution in [2.75, 3.05) is 0 Å². The number of carbonyl (C=O) groups is 2. The molecule has 0 radical (unpaired) electrons. The van der Waals surface area contributed by atoms with Gasteiger partial charge in [-0.15, -0.1) is 12.6 Å². The van der Waals surface area contributed by atoms with Crippen LogP contribution in [0.25, 0.3) is 0 Å². The molecule has 1 unspecified atom stereocenters. The molecule has 4 nitrogen and oxygen atoms in total. The number of aliphatic carboxylic acids is 1. The first kappa shape index (κ1) is 8.29. The van der Waals surface area contributed by atoms with Crippen LogP contribution >= 0.6 is 12.6 Å². The second-order valence-corrected chi connectivity index (χ2v) is 1.86. The van der Waals surface area contributed by atoms with Crippen molar-refractivity contribution in [3.05, 3.63) is 0 Å². The molecule has 0 fully saturated rings. The maximum atomic E-state index is 9.84. The van der Waals surface area contributed by atoms with Crippen LogP contribution in [0.2, 0.25) is 0 Å². The molecule has 0 aromatic heterocycles. The summed E-state index contributed by atoms with van der Waals surface area (Å²) in [5, 5.41) is 8.07. The van der Waals surface area contributed by atoms with E-state index in [1.165, 1.54) is 0 Å². The summed E-state index contributed by atoms with van der Waals surface area (Å²) in [6, 6.07) is 0. The molecule has 0 aromatic rings. The minimum absolute atomic E-state index is 0.167. The summed E-state index contributed by atoms with van der Waals surface area (Å²) in [5.74, 6) is -1.04. The van der Waals surface area contributed by atoms with Crippen LogP contribution in [0.4, 0.5) is 0 Å². The summed E-state index contributed by atoms with van der Waals surface area (Å²) >= 11 is 3.62. The normalized spacial score (nSPS) is 12.1. The highest BCUT2D eigenvalue weighted by Gasteiger charge is 2.06. The van der Waals surface area contributed by atoms with Crippen LogP contribution in [0.5, 0.6) is 0 Å². The summed E-state index contributed by atoms with van der Waals surface area (Å²) in [4.78, 5) is 19.4. The van der Waals surface area contributed by atoms with Crippen molar-refractivity contribution in [3.8, 4) is 0 Å². The molecule has 0 aliphatic rings. The van der Waals surface area contributed by atoms with Crippen LogP contribution in [0, 0.1) is 0 Å². The van der Waals surface area contributed by atoms with Gasteiger partial charge in [-0.2, -0.15) is 0 Å². The predicted molar refractivity (Wildman–Crippen MR) is 32.2 cm³/mol. The zero-order chi connectivity index (χ0) is 7.28. The van der Waals surface area contributed by atoms with Gasteiger partial charge in [0.05, 0.1) is 6.42 Å². The SMILES string of the molecule is O=COC(S)CC(=O)O. The Balaban J connectivity index is 3.37. The van der Waals surface area contributed by atoms with Crippen molar-refractivity contribution in [1.82, 2.24) is 0 Å². The van der Waals surface area contributed by atoms with Gasteiger partial charge >= 0.3 is 5.97 Å². The van der Waals surface area contributed by atoms with E-state index in [2.05, 4.69) is 17.4 Å². The van der Waals surface area contributed by atoms with Crippen molar-refractivity contribution in [2.45, 2.75) is 11.9 Å². The fourth-order valence-corrected chi connectivity index (χ4v) is 0.467. The second-order valence-electron chi connectivity index (χ2n) is 1.28. The quantitative estimate of drug-likeness (QED) is 0.333. The highest BCUT2D eigenvalue weighted by molar-refractivity contribution is 7.80. The fraction of sp³-hybridized carbons (Fsp3) is 0.500. The zero-order valence-electron chi connectivity index (χ0n) is 4.48. The van der Waals surface area contributed by atoms with Crippen LogP contribution in [0.15, 0.2) is 0 Å². The average Bonchev–Trinajstić information content (AvgIpc) is 1.63. The molecule has 5 heteroatoms. The average molecular weight is 150 g/mol.